The third kappa shape index (κ3) is 5.75. The van der Waals surface area contributed by atoms with Crippen molar-refractivity contribution in [1.29, 1.82) is 0 Å². The van der Waals surface area contributed by atoms with E-state index < -0.39 is 0 Å². The molecule has 1 heterocycles. The molecule has 0 fully saturated rings. The molecule has 1 amide bonds. The molecule has 0 aliphatic carbocycles. The number of hydrogen-bond donors (Lipinski definition) is 2. The van der Waals surface area contributed by atoms with Crippen molar-refractivity contribution in [2.75, 3.05) is 19.6 Å². The number of benzene rings is 1. The molecule has 1 aromatic heterocycles. The third-order valence-corrected chi connectivity index (χ3v) is 3.99. The first-order chi connectivity index (χ1) is 10.3. The fraction of sp³-hybridized carbons (Fsp3) is 0.312. The predicted molar refractivity (Wildman–Crippen MR) is 92.8 cm³/mol. The van der Waals surface area contributed by atoms with Crippen molar-refractivity contribution < 1.29 is 9.21 Å². The second kappa shape index (κ2) is 10.3. The van der Waals surface area contributed by atoms with Gasteiger partial charge in [0.25, 0.3) is 5.91 Å². The average molecular weight is 341 g/mol. The maximum absolute atomic E-state index is 12.1. The molecule has 2 N–H and O–H groups in total. The van der Waals surface area contributed by atoms with Crippen LogP contribution in [0.3, 0.4) is 0 Å². The zero-order valence-electron chi connectivity index (χ0n) is 12.5. The molecule has 2 aromatic rings. The summed E-state index contributed by atoms with van der Waals surface area (Å²) in [7, 11) is 0. The van der Waals surface area contributed by atoms with E-state index in [1.807, 2.05) is 31.2 Å². The Morgan fingerprint density at radius 1 is 1.18 bits per heavy atom. The van der Waals surface area contributed by atoms with Crippen LogP contribution in [0.4, 0.5) is 0 Å². The van der Waals surface area contributed by atoms with Crippen molar-refractivity contribution in [3.05, 3.63) is 54.0 Å². The highest BCUT2D eigenvalue weighted by atomic mass is 35.5. The Bertz CT molecular complexity index is 560. The molecule has 0 unspecified atom stereocenters. The molecule has 0 saturated carbocycles. The van der Waals surface area contributed by atoms with Gasteiger partial charge in [-0.2, -0.15) is 0 Å². The first-order valence-electron chi connectivity index (χ1n) is 7.04. The number of carbonyl (C=O) groups is 1. The number of carbonyl (C=O) groups excluding carboxylic acids is 1. The maximum atomic E-state index is 12.1. The van der Waals surface area contributed by atoms with Gasteiger partial charge in [-0.15, -0.1) is 24.2 Å². The van der Waals surface area contributed by atoms with Crippen molar-refractivity contribution in [2.24, 2.45) is 0 Å². The Hall–Kier alpha value is -1.43. The zero-order chi connectivity index (χ0) is 14.9. The van der Waals surface area contributed by atoms with Gasteiger partial charge in [0.05, 0.1) is 6.26 Å². The fourth-order valence-corrected chi connectivity index (χ4v) is 2.75. The van der Waals surface area contributed by atoms with Crippen LogP contribution in [-0.4, -0.2) is 25.5 Å². The predicted octanol–water partition coefficient (Wildman–Crippen LogP) is 3.33. The zero-order valence-corrected chi connectivity index (χ0v) is 14.1. The van der Waals surface area contributed by atoms with Crippen LogP contribution in [0, 0.1) is 0 Å². The maximum Gasteiger partial charge on any atom is 0.287 e. The van der Waals surface area contributed by atoms with Gasteiger partial charge < -0.3 is 15.1 Å². The first kappa shape index (κ1) is 18.6. The third-order valence-electron chi connectivity index (χ3n) is 2.93. The number of rotatable bonds is 8. The summed E-state index contributed by atoms with van der Waals surface area (Å²) in [6, 6.07) is 12.0. The summed E-state index contributed by atoms with van der Waals surface area (Å²) in [4.78, 5) is 13.2. The molecular weight excluding hydrogens is 320 g/mol. The lowest BCUT2D eigenvalue weighted by Crippen LogP contribution is -2.31. The SMILES string of the molecule is CCNCCNC(=O)c1occc1CSc1ccccc1.Cl. The number of halogens is 1. The van der Waals surface area contributed by atoms with E-state index in [2.05, 4.69) is 22.8 Å². The Morgan fingerprint density at radius 3 is 2.68 bits per heavy atom. The average Bonchev–Trinajstić information content (AvgIpc) is 2.99. The first-order valence-corrected chi connectivity index (χ1v) is 8.03. The van der Waals surface area contributed by atoms with Crippen LogP contribution >= 0.6 is 24.2 Å². The van der Waals surface area contributed by atoms with Crippen molar-refractivity contribution in [3.8, 4) is 0 Å². The van der Waals surface area contributed by atoms with Gasteiger partial charge in [0.2, 0.25) is 0 Å². The van der Waals surface area contributed by atoms with E-state index in [0.717, 1.165) is 24.4 Å². The van der Waals surface area contributed by atoms with E-state index in [4.69, 9.17) is 4.42 Å². The molecule has 120 valence electrons. The van der Waals surface area contributed by atoms with E-state index >= 15 is 0 Å². The van der Waals surface area contributed by atoms with Gasteiger partial charge in [0.15, 0.2) is 5.76 Å². The van der Waals surface area contributed by atoms with Gasteiger partial charge in [0.1, 0.15) is 0 Å². The Morgan fingerprint density at radius 2 is 1.95 bits per heavy atom. The van der Waals surface area contributed by atoms with E-state index in [9.17, 15) is 4.79 Å². The normalized spacial score (nSPS) is 10.0. The largest absolute Gasteiger partial charge is 0.459 e. The van der Waals surface area contributed by atoms with E-state index in [1.54, 1.807) is 18.0 Å². The second-order valence-corrected chi connectivity index (χ2v) is 5.53. The minimum absolute atomic E-state index is 0. The quantitative estimate of drug-likeness (QED) is 0.571. The molecule has 4 nitrogen and oxygen atoms in total. The van der Waals surface area contributed by atoms with Crippen LogP contribution in [0.25, 0.3) is 0 Å². The van der Waals surface area contributed by atoms with Gasteiger partial charge in [-0.3, -0.25) is 4.79 Å². The molecule has 0 spiro atoms. The van der Waals surface area contributed by atoms with E-state index in [1.165, 1.54) is 4.90 Å². The van der Waals surface area contributed by atoms with Crippen molar-refractivity contribution in [2.45, 2.75) is 17.6 Å². The molecule has 6 heteroatoms. The van der Waals surface area contributed by atoms with Crippen LogP contribution in [0.15, 0.2) is 52.0 Å². The summed E-state index contributed by atoms with van der Waals surface area (Å²) in [5.74, 6) is 0.979. The number of thioether (sulfide) groups is 1. The number of amides is 1. The smallest absolute Gasteiger partial charge is 0.287 e. The van der Waals surface area contributed by atoms with Gasteiger partial charge in [0, 0.05) is 29.3 Å². The van der Waals surface area contributed by atoms with E-state index in [0.29, 0.717) is 12.3 Å². The highest BCUT2D eigenvalue weighted by Crippen LogP contribution is 2.24. The highest BCUT2D eigenvalue weighted by Gasteiger charge is 2.14. The molecule has 0 aliphatic rings. The summed E-state index contributed by atoms with van der Waals surface area (Å²) in [5.41, 5.74) is 0.921. The number of likely N-dealkylation sites (N-methyl/N-ethyl adjacent to an activating group) is 1. The monoisotopic (exact) mass is 340 g/mol. The number of nitrogens with one attached hydrogen (secondary N) is 2. The van der Waals surface area contributed by atoms with Crippen LogP contribution in [0.1, 0.15) is 23.0 Å². The van der Waals surface area contributed by atoms with Gasteiger partial charge in [-0.25, -0.2) is 0 Å². The summed E-state index contributed by atoms with van der Waals surface area (Å²) in [6.07, 6.45) is 1.57. The van der Waals surface area contributed by atoms with Crippen LogP contribution in [-0.2, 0) is 5.75 Å². The van der Waals surface area contributed by atoms with Crippen molar-refractivity contribution in [3.63, 3.8) is 0 Å². The molecular formula is C16H21ClN2O2S. The van der Waals surface area contributed by atoms with Gasteiger partial charge >= 0.3 is 0 Å². The lowest BCUT2D eigenvalue weighted by atomic mass is 10.2. The molecule has 0 radical (unpaired) electrons. The molecule has 0 bridgehead atoms. The Balaban J connectivity index is 0.00000242. The topological polar surface area (TPSA) is 54.3 Å². The number of furan rings is 1. The Labute approximate surface area is 141 Å². The molecule has 0 aliphatic heterocycles. The molecule has 2 rings (SSSR count). The minimum atomic E-state index is -0.151. The highest BCUT2D eigenvalue weighted by molar-refractivity contribution is 7.98. The minimum Gasteiger partial charge on any atom is -0.459 e. The lowest BCUT2D eigenvalue weighted by Gasteiger charge is -2.05. The molecule has 1 aromatic carbocycles. The summed E-state index contributed by atoms with van der Waals surface area (Å²) < 4.78 is 5.33. The van der Waals surface area contributed by atoms with Crippen molar-refractivity contribution >= 4 is 30.1 Å². The molecule has 0 atom stereocenters. The van der Waals surface area contributed by atoms with Crippen LogP contribution < -0.4 is 10.6 Å². The van der Waals surface area contributed by atoms with Crippen LogP contribution in [0.2, 0.25) is 0 Å². The van der Waals surface area contributed by atoms with E-state index in [-0.39, 0.29) is 18.3 Å². The summed E-state index contributed by atoms with van der Waals surface area (Å²) in [6.45, 7) is 4.29. The van der Waals surface area contributed by atoms with Gasteiger partial charge in [-0.1, -0.05) is 25.1 Å². The van der Waals surface area contributed by atoms with Crippen molar-refractivity contribution in [1.82, 2.24) is 10.6 Å². The fourth-order valence-electron chi connectivity index (χ4n) is 1.85. The summed E-state index contributed by atoms with van der Waals surface area (Å²) in [5, 5.41) is 6.01. The standard InChI is InChI=1S/C16H20N2O2S.ClH/c1-2-17-9-10-18-16(19)15-13(8-11-20-15)12-21-14-6-4-3-5-7-14;/h3-8,11,17H,2,9-10,12H2,1H3,(H,18,19);1H. The number of hydrogen-bond acceptors (Lipinski definition) is 4. The summed E-state index contributed by atoms with van der Waals surface area (Å²) >= 11 is 1.69. The second-order valence-electron chi connectivity index (χ2n) is 4.49. The molecule has 22 heavy (non-hydrogen) atoms. The molecule has 0 saturated heterocycles. The Kier molecular flexibility index (Phi) is 8.74. The van der Waals surface area contributed by atoms with Gasteiger partial charge in [-0.05, 0) is 24.7 Å². The van der Waals surface area contributed by atoms with Crippen LogP contribution in [0.5, 0.6) is 0 Å². The lowest BCUT2D eigenvalue weighted by molar-refractivity contribution is 0.0925.